The van der Waals surface area contributed by atoms with Gasteiger partial charge in [0, 0.05) is 36.4 Å². The number of nitrogens with zero attached hydrogens (tertiary/aromatic N) is 2. The van der Waals surface area contributed by atoms with Crippen LogP contribution >= 0.6 is 7.14 Å². The van der Waals surface area contributed by atoms with Gasteiger partial charge < -0.3 is 33.3 Å². The molecule has 12 nitrogen and oxygen atoms in total. The molecule has 0 spiro atoms. The van der Waals surface area contributed by atoms with E-state index in [0.717, 1.165) is 24.9 Å². The highest BCUT2D eigenvalue weighted by atomic mass is 32.2. The lowest BCUT2D eigenvalue weighted by molar-refractivity contribution is 0.0707. The molecule has 4 aliphatic rings. The Morgan fingerprint density at radius 1 is 0.809 bits per heavy atom. The molecule has 2 amide bonds. The van der Waals surface area contributed by atoms with Crippen molar-refractivity contribution in [1.82, 2.24) is 9.80 Å². The molecule has 0 bridgehead atoms. The first-order valence-electron chi connectivity index (χ1n) is 16.2. The van der Waals surface area contributed by atoms with E-state index in [1.807, 2.05) is 11.0 Å². The third-order valence-corrected chi connectivity index (χ3v) is 13.9. The van der Waals surface area contributed by atoms with Gasteiger partial charge in [0.2, 0.25) is 0 Å². The maximum atomic E-state index is 14.1. The predicted molar refractivity (Wildman–Crippen MR) is 175 cm³/mol. The van der Waals surface area contributed by atoms with Crippen molar-refractivity contribution in [1.29, 1.82) is 0 Å². The van der Waals surface area contributed by atoms with Crippen molar-refractivity contribution in [3.63, 3.8) is 0 Å². The van der Waals surface area contributed by atoms with Crippen LogP contribution in [-0.4, -0.2) is 98.1 Å². The van der Waals surface area contributed by atoms with Gasteiger partial charge in [0.05, 0.1) is 20.3 Å². The lowest BCUT2D eigenvalue weighted by Crippen LogP contribution is -2.44. The molecule has 47 heavy (non-hydrogen) atoms. The first-order valence-corrected chi connectivity index (χ1v) is 20.0. The van der Waals surface area contributed by atoms with Crippen molar-refractivity contribution >= 4 is 29.1 Å². The van der Waals surface area contributed by atoms with E-state index >= 15 is 0 Å². The molecule has 3 unspecified atom stereocenters. The third kappa shape index (κ3) is 6.34. The molecular weight excluding hydrogens is 647 g/mol. The van der Waals surface area contributed by atoms with E-state index in [4.69, 9.17) is 18.9 Å². The second-order valence-corrected chi connectivity index (χ2v) is 18.0. The van der Waals surface area contributed by atoms with Crippen molar-refractivity contribution in [2.24, 2.45) is 5.92 Å². The van der Waals surface area contributed by atoms with Crippen molar-refractivity contribution in [3.8, 4) is 23.0 Å². The summed E-state index contributed by atoms with van der Waals surface area (Å²) in [7, 11) is -4.63. The average molecular weight is 691 g/mol. The van der Waals surface area contributed by atoms with Crippen LogP contribution in [0.25, 0.3) is 0 Å². The minimum atomic E-state index is -4.45. The van der Waals surface area contributed by atoms with Crippen LogP contribution in [-0.2, 0) is 27.5 Å². The number of carbonyl (C=O) groups excluding carboxylic acids is 2. The summed E-state index contributed by atoms with van der Waals surface area (Å²) in [6.07, 6.45) is 3.68. The fourth-order valence-corrected chi connectivity index (χ4v) is 9.85. The quantitative estimate of drug-likeness (QED) is 0.275. The molecule has 1 N–H and O–H groups in total. The van der Waals surface area contributed by atoms with Crippen molar-refractivity contribution in [3.05, 3.63) is 46.5 Å². The number of carbonyl (C=O) groups is 2. The Kier molecular flexibility index (Phi) is 9.28. The zero-order valence-corrected chi connectivity index (χ0v) is 29.0. The number of fused-ring (bicyclic) bond motifs is 4. The summed E-state index contributed by atoms with van der Waals surface area (Å²) in [5.74, 6) is 1.21. The monoisotopic (exact) mass is 690 g/mol. The number of benzene rings is 2. The molecule has 14 heteroatoms. The smallest absolute Gasteiger partial charge is 0.270 e. The van der Waals surface area contributed by atoms with Crippen molar-refractivity contribution in [2.45, 2.75) is 69.7 Å². The van der Waals surface area contributed by atoms with Gasteiger partial charge in [-0.25, -0.2) is 0 Å². The maximum Gasteiger partial charge on any atom is 0.270 e. The molecular formula is C33H43N2O10PS. The summed E-state index contributed by atoms with van der Waals surface area (Å²) in [4.78, 5) is 30.4. The van der Waals surface area contributed by atoms with Crippen LogP contribution < -0.4 is 18.9 Å². The number of ether oxygens (including phenoxy) is 4. The van der Waals surface area contributed by atoms with Gasteiger partial charge in [-0.05, 0) is 79.8 Å². The van der Waals surface area contributed by atoms with Crippen molar-refractivity contribution in [2.75, 3.05) is 46.2 Å². The van der Waals surface area contributed by atoms with Gasteiger partial charge in [-0.2, -0.15) is 8.42 Å². The maximum absolute atomic E-state index is 14.1. The number of rotatable bonds is 10. The molecule has 0 saturated carbocycles. The Balaban J connectivity index is 1.22. The fourth-order valence-electron chi connectivity index (χ4n) is 7.60. The molecule has 2 aromatic carbocycles. The van der Waals surface area contributed by atoms with Gasteiger partial charge in [0.15, 0.2) is 30.1 Å². The van der Waals surface area contributed by atoms with E-state index in [9.17, 15) is 27.1 Å². The molecule has 4 heterocycles. The Morgan fingerprint density at radius 3 is 1.79 bits per heavy atom. The second-order valence-electron chi connectivity index (χ2n) is 13.1. The molecule has 256 valence electrons. The first kappa shape index (κ1) is 33.6. The Labute approximate surface area is 275 Å². The van der Waals surface area contributed by atoms with Gasteiger partial charge in [-0.1, -0.05) is 13.8 Å². The molecule has 0 aromatic heterocycles. The Morgan fingerprint density at radius 2 is 1.30 bits per heavy atom. The lowest BCUT2D eigenvalue weighted by atomic mass is 9.92. The lowest BCUT2D eigenvalue weighted by Gasteiger charge is -2.26. The highest BCUT2D eigenvalue weighted by Gasteiger charge is 2.45. The zero-order chi connectivity index (χ0) is 33.7. The van der Waals surface area contributed by atoms with Crippen LogP contribution in [0, 0.1) is 5.92 Å². The van der Waals surface area contributed by atoms with Crippen LogP contribution in [0.5, 0.6) is 23.0 Å². The largest absolute Gasteiger partial charge is 0.493 e. The van der Waals surface area contributed by atoms with Gasteiger partial charge in [0.25, 0.3) is 21.9 Å². The molecule has 0 aliphatic carbocycles. The number of amides is 2. The van der Waals surface area contributed by atoms with Crippen LogP contribution in [0.1, 0.15) is 71.4 Å². The summed E-state index contributed by atoms with van der Waals surface area (Å²) in [6, 6.07) is 6.21. The Hall–Kier alpha value is -3.28. The molecule has 6 rings (SSSR count). The van der Waals surface area contributed by atoms with E-state index in [0.29, 0.717) is 48.4 Å². The van der Waals surface area contributed by atoms with Crippen LogP contribution in [0.4, 0.5) is 0 Å². The highest BCUT2D eigenvalue weighted by Crippen LogP contribution is 2.48. The minimum absolute atomic E-state index is 0.00373. The van der Waals surface area contributed by atoms with Gasteiger partial charge in [0.1, 0.15) is 17.9 Å². The zero-order valence-electron chi connectivity index (χ0n) is 27.3. The van der Waals surface area contributed by atoms with Crippen molar-refractivity contribution < 1.29 is 46.1 Å². The molecule has 4 aliphatic heterocycles. The van der Waals surface area contributed by atoms with Gasteiger partial charge in [-0.15, -0.1) is 0 Å². The topological polar surface area (TPSA) is 149 Å². The second kappa shape index (κ2) is 13.0. The molecule has 2 aromatic rings. The highest BCUT2D eigenvalue weighted by molar-refractivity contribution is 7.86. The summed E-state index contributed by atoms with van der Waals surface area (Å²) in [5.41, 5.74) is 2.18. The van der Waals surface area contributed by atoms with Crippen LogP contribution in [0.15, 0.2) is 24.3 Å². The van der Waals surface area contributed by atoms with Crippen LogP contribution in [0.3, 0.4) is 0 Å². The van der Waals surface area contributed by atoms with Gasteiger partial charge in [-0.3, -0.25) is 14.1 Å². The van der Waals surface area contributed by atoms with E-state index in [1.54, 1.807) is 19.1 Å². The third-order valence-electron chi connectivity index (χ3n) is 10.3. The summed E-state index contributed by atoms with van der Waals surface area (Å²) >= 11 is 0. The molecule has 0 radical (unpaired) electrons. The molecule has 2 fully saturated rings. The van der Waals surface area contributed by atoms with E-state index < -0.39 is 28.6 Å². The Bertz CT molecular complexity index is 1730. The van der Waals surface area contributed by atoms with E-state index in [2.05, 4.69) is 6.92 Å². The standard InChI is InChI=1S/C33H43N2O10PS/c1-5-46(38,18-44-29-13-21-12-20(2)25-8-6-10-34(25)32(36)23(21)16-27(29)42-3)19-45-30-14-22-15-31(47(39,40)41)26-9-7-11-35(26)33(37)24(22)17-28(30)43-4/h13-14,16-17,20,25-26,31H,5-12,15,18-19H2,1-4H3,(H,39,40,41)/t20?,25-,26-,31?,46?/m0/s1. The predicted octanol–water partition coefficient (Wildman–Crippen LogP) is 4.67. The molecule has 5 atom stereocenters. The fraction of sp³-hybridized carbons (Fsp3) is 0.576. The normalized spacial score (nSPS) is 25.1. The number of hydrogen-bond donors (Lipinski definition) is 1. The summed E-state index contributed by atoms with van der Waals surface area (Å²) in [5, 5.41) is -1.17. The SMILES string of the molecule is CCP(=O)(COc1cc2c(cc1OC)C(=O)N1CCC[C@H]1C(C)C2)COc1cc2c(cc1OC)C(=O)N1CCC[C@H]1C(S(=O)(=O)O)C2. The van der Waals surface area contributed by atoms with Gasteiger partial charge >= 0.3 is 0 Å². The van der Waals surface area contributed by atoms with E-state index in [-0.39, 0.29) is 66.1 Å². The average Bonchev–Trinajstić information content (AvgIpc) is 3.71. The summed E-state index contributed by atoms with van der Waals surface area (Å²) in [6.45, 7) is 5.10. The molecule has 2 saturated heterocycles. The minimum Gasteiger partial charge on any atom is -0.493 e. The van der Waals surface area contributed by atoms with E-state index in [1.165, 1.54) is 25.2 Å². The number of methoxy groups -OCH3 is 2. The first-order chi connectivity index (χ1) is 22.4. The number of hydrogen-bond acceptors (Lipinski definition) is 9. The van der Waals surface area contributed by atoms with Crippen LogP contribution in [0.2, 0.25) is 0 Å². The summed E-state index contributed by atoms with van der Waals surface area (Å²) < 4.78 is 72.3.